The first kappa shape index (κ1) is 9.70. The van der Waals surface area contributed by atoms with Crippen molar-refractivity contribution in [3.63, 3.8) is 0 Å². The highest BCUT2D eigenvalue weighted by molar-refractivity contribution is 5.80. The third-order valence-electron chi connectivity index (χ3n) is 1.84. The molecule has 2 rings (SSSR count). The average molecular weight is 215 g/mol. The lowest BCUT2D eigenvalue weighted by atomic mass is 10.2. The van der Waals surface area contributed by atoms with Crippen LogP contribution in [0.25, 0.3) is 10.8 Å². The zero-order chi connectivity index (χ0) is 11.1. The summed E-state index contributed by atoms with van der Waals surface area (Å²) in [7, 11) is 0. The minimum absolute atomic E-state index is 0.0329. The Kier molecular flexibility index (Phi) is 1.99. The standard InChI is InChI=1S/C9H4F3NO2/c10-9(11,12)7-3-5-1-2-13-4-6(5)8(14)15-7/h1-4H. The van der Waals surface area contributed by atoms with Crippen LogP contribution in [0.3, 0.4) is 0 Å². The lowest BCUT2D eigenvalue weighted by Crippen LogP contribution is -2.10. The van der Waals surface area contributed by atoms with Gasteiger partial charge in [0.25, 0.3) is 0 Å². The molecule has 15 heavy (non-hydrogen) atoms. The van der Waals surface area contributed by atoms with Gasteiger partial charge in [0.05, 0.1) is 5.39 Å². The Balaban J connectivity index is 2.79. The first-order valence-corrected chi connectivity index (χ1v) is 3.93. The molecule has 2 aromatic heterocycles. The van der Waals surface area contributed by atoms with E-state index in [-0.39, 0.29) is 10.8 Å². The van der Waals surface area contributed by atoms with Gasteiger partial charge in [-0.05, 0) is 17.5 Å². The van der Waals surface area contributed by atoms with Crippen molar-refractivity contribution < 1.29 is 17.6 Å². The van der Waals surface area contributed by atoms with E-state index >= 15 is 0 Å². The van der Waals surface area contributed by atoms with Crippen molar-refractivity contribution in [2.45, 2.75) is 6.18 Å². The molecule has 6 heteroatoms. The number of alkyl halides is 3. The highest BCUT2D eigenvalue weighted by atomic mass is 19.4. The molecule has 0 radical (unpaired) electrons. The molecule has 0 N–H and O–H groups in total. The minimum Gasteiger partial charge on any atom is -0.418 e. The molecule has 78 valence electrons. The quantitative estimate of drug-likeness (QED) is 0.676. The molecule has 0 aromatic carbocycles. The fourth-order valence-corrected chi connectivity index (χ4v) is 1.17. The fraction of sp³-hybridized carbons (Fsp3) is 0.111. The summed E-state index contributed by atoms with van der Waals surface area (Å²) in [5.74, 6) is -1.30. The van der Waals surface area contributed by atoms with Crippen LogP contribution in [0.2, 0.25) is 0 Å². The van der Waals surface area contributed by atoms with Crippen LogP contribution < -0.4 is 5.63 Å². The summed E-state index contributed by atoms with van der Waals surface area (Å²) in [6.07, 6.45) is -2.18. The van der Waals surface area contributed by atoms with E-state index in [0.29, 0.717) is 0 Å². The molecule has 0 saturated carbocycles. The molecule has 3 nitrogen and oxygen atoms in total. The van der Waals surface area contributed by atoms with E-state index in [1.807, 2.05) is 0 Å². The van der Waals surface area contributed by atoms with Crippen molar-refractivity contribution in [2.75, 3.05) is 0 Å². The van der Waals surface area contributed by atoms with Crippen LogP contribution in [-0.4, -0.2) is 4.98 Å². The van der Waals surface area contributed by atoms with Crippen LogP contribution in [0.4, 0.5) is 13.2 Å². The number of pyridine rings is 1. The Morgan fingerprint density at radius 3 is 2.73 bits per heavy atom. The molecule has 0 unspecified atom stereocenters. The number of halogens is 3. The van der Waals surface area contributed by atoms with E-state index in [1.165, 1.54) is 18.5 Å². The van der Waals surface area contributed by atoms with Crippen molar-refractivity contribution in [3.8, 4) is 0 Å². The van der Waals surface area contributed by atoms with Gasteiger partial charge in [-0.3, -0.25) is 4.98 Å². The molecule has 0 aliphatic heterocycles. The largest absolute Gasteiger partial charge is 0.449 e. The van der Waals surface area contributed by atoms with Gasteiger partial charge >= 0.3 is 11.8 Å². The maximum Gasteiger partial charge on any atom is 0.449 e. The maximum absolute atomic E-state index is 12.2. The third kappa shape index (κ3) is 1.70. The van der Waals surface area contributed by atoms with Gasteiger partial charge in [0.2, 0.25) is 5.76 Å². The number of rotatable bonds is 0. The summed E-state index contributed by atoms with van der Waals surface area (Å²) >= 11 is 0. The molecule has 0 bridgehead atoms. The van der Waals surface area contributed by atoms with Crippen LogP contribution in [0.1, 0.15) is 5.76 Å². The lowest BCUT2D eigenvalue weighted by molar-refractivity contribution is -0.154. The Hall–Kier alpha value is -1.85. The molecule has 2 heterocycles. The number of hydrogen-bond donors (Lipinski definition) is 0. The minimum atomic E-state index is -4.66. The second kappa shape index (κ2) is 3.08. The van der Waals surface area contributed by atoms with Crippen molar-refractivity contribution >= 4 is 10.8 Å². The Bertz CT molecular complexity index is 559. The van der Waals surface area contributed by atoms with Gasteiger partial charge in [-0.2, -0.15) is 13.2 Å². The van der Waals surface area contributed by atoms with Crippen molar-refractivity contribution in [2.24, 2.45) is 0 Å². The van der Waals surface area contributed by atoms with Gasteiger partial charge in [0.1, 0.15) is 0 Å². The number of nitrogens with zero attached hydrogens (tertiary/aromatic N) is 1. The second-order valence-electron chi connectivity index (χ2n) is 2.86. The molecule has 0 fully saturated rings. The first-order valence-electron chi connectivity index (χ1n) is 3.93. The SMILES string of the molecule is O=c1oc(C(F)(F)F)cc2ccncc12. The predicted molar refractivity (Wildman–Crippen MR) is 45.3 cm³/mol. The van der Waals surface area contributed by atoms with Gasteiger partial charge < -0.3 is 4.42 Å². The third-order valence-corrected chi connectivity index (χ3v) is 1.84. The lowest BCUT2D eigenvalue weighted by Gasteiger charge is -2.04. The highest BCUT2D eigenvalue weighted by Gasteiger charge is 2.34. The summed E-state index contributed by atoms with van der Waals surface area (Å²) in [5.41, 5.74) is -1.03. The average Bonchev–Trinajstić information content (AvgIpc) is 2.16. The predicted octanol–water partition coefficient (Wildman–Crippen LogP) is 2.21. The summed E-state index contributed by atoms with van der Waals surface area (Å²) < 4.78 is 40.9. The summed E-state index contributed by atoms with van der Waals surface area (Å²) in [6, 6.07) is 2.10. The van der Waals surface area contributed by atoms with Crippen LogP contribution in [0, 0.1) is 0 Å². The van der Waals surface area contributed by atoms with E-state index in [4.69, 9.17) is 0 Å². The van der Waals surface area contributed by atoms with Crippen LogP contribution in [-0.2, 0) is 6.18 Å². The Morgan fingerprint density at radius 2 is 2.07 bits per heavy atom. The van der Waals surface area contributed by atoms with E-state index in [1.54, 1.807) is 0 Å². The molecule has 0 atom stereocenters. The van der Waals surface area contributed by atoms with E-state index in [9.17, 15) is 18.0 Å². The van der Waals surface area contributed by atoms with E-state index < -0.39 is 17.6 Å². The molecule has 0 saturated heterocycles. The zero-order valence-corrected chi connectivity index (χ0v) is 7.21. The maximum atomic E-state index is 12.2. The number of fused-ring (bicyclic) bond motifs is 1. The molecular weight excluding hydrogens is 211 g/mol. The fourth-order valence-electron chi connectivity index (χ4n) is 1.17. The Morgan fingerprint density at radius 1 is 1.33 bits per heavy atom. The molecule has 0 aliphatic carbocycles. The van der Waals surface area contributed by atoms with Crippen LogP contribution >= 0.6 is 0 Å². The van der Waals surface area contributed by atoms with Crippen LogP contribution in [0.15, 0.2) is 33.7 Å². The zero-order valence-electron chi connectivity index (χ0n) is 7.21. The van der Waals surface area contributed by atoms with Crippen LogP contribution in [0.5, 0.6) is 0 Å². The van der Waals surface area contributed by atoms with Gasteiger partial charge in [0, 0.05) is 12.4 Å². The summed E-state index contributed by atoms with van der Waals surface area (Å²) in [6.45, 7) is 0. The molecular formula is C9H4F3NO2. The summed E-state index contributed by atoms with van der Waals surface area (Å²) in [5, 5.41) is 0.194. The molecule has 0 spiro atoms. The highest BCUT2D eigenvalue weighted by Crippen LogP contribution is 2.29. The smallest absolute Gasteiger partial charge is 0.418 e. The van der Waals surface area contributed by atoms with Crippen molar-refractivity contribution in [1.82, 2.24) is 4.98 Å². The number of aromatic nitrogens is 1. The molecule has 0 aliphatic rings. The Labute approximate surface area is 81.2 Å². The normalized spacial score (nSPS) is 11.9. The number of hydrogen-bond acceptors (Lipinski definition) is 3. The van der Waals surface area contributed by atoms with E-state index in [0.717, 1.165) is 6.07 Å². The van der Waals surface area contributed by atoms with E-state index in [2.05, 4.69) is 9.40 Å². The first-order chi connectivity index (χ1) is 6.98. The second-order valence-corrected chi connectivity index (χ2v) is 2.86. The van der Waals surface area contributed by atoms with Gasteiger partial charge in [0.15, 0.2) is 0 Å². The molecule has 0 amide bonds. The van der Waals surface area contributed by atoms with Gasteiger partial charge in [-0.15, -0.1) is 0 Å². The summed E-state index contributed by atoms with van der Waals surface area (Å²) in [4.78, 5) is 14.8. The topological polar surface area (TPSA) is 43.1 Å². The molecule has 2 aromatic rings. The van der Waals surface area contributed by atoms with Crippen molar-refractivity contribution in [1.29, 1.82) is 0 Å². The van der Waals surface area contributed by atoms with Gasteiger partial charge in [-0.25, -0.2) is 4.79 Å². The van der Waals surface area contributed by atoms with Crippen molar-refractivity contribution in [3.05, 3.63) is 40.7 Å². The van der Waals surface area contributed by atoms with Gasteiger partial charge in [-0.1, -0.05) is 0 Å². The monoisotopic (exact) mass is 215 g/mol.